The molecule has 1 saturated heterocycles. The van der Waals surface area contributed by atoms with Gasteiger partial charge in [0.1, 0.15) is 0 Å². The molecule has 4 nitrogen and oxygen atoms in total. The molecule has 0 bridgehead atoms. The molecule has 0 radical (unpaired) electrons. The van der Waals surface area contributed by atoms with Crippen LogP contribution in [0.4, 0.5) is 0 Å². The van der Waals surface area contributed by atoms with Crippen molar-refractivity contribution < 1.29 is 8.42 Å². The zero-order valence-electron chi connectivity index (χ0n) is 12.0. The second-order valence-corrected chi connectivity index (χ2v) is 6.94. The number of hydrogen-bond acceptors (Lipinski definition) is 3. The zero-order valence-corrected chi connectivity index (χ0v) is 13.6. The lowest BCUT2D eigenvalue weighted by Crippen LogP contribution is -2.31. The van der Waals surface area contributed by atoms with E-state index < -0.39 is 10.0 Å². The third-order valence-electron chi connectivity index (χ3n) is 3.71. The van der Waals surface area contributed by atoms with E-state index in [1.165, 1.54) is 0 Å². The molecule has 0 aromatic heterocycles. The third-order valence-corrected chi connectivity index (χ3v) is 5.68. The summed E-state index contributed by atoms with van der Waals surface area (Å²) in [7, 11) is -1.42. The van der Waals surface area contributed by atoms with Gasteiger partial charge in [0.05, 0.1) is 4.90 Å². The molecule has 1 aliphatic heterocycles. The van der Waals surface area contributed by atoms with E-state index in [0.717, 1.165) is 24.9 Å². The van der Waals surface area contributed by atoms with Crippen molar-refractivity contribution in [3.8, 4) is 0 Å². The van der Waals surface area contributed by atoms with E-state index in [1.54, 1.807) is 16.4 Å². The summed E-state index contributed by atoms with van der Waals surface area (Å²) in [6, 6.07) is 7.31. The molecule has 2 rings (SSSR count). The minimum atomic E-state index is -3.33. The summed E-state index contributed by atoms with van der Waals surface area (Å²) in [6.07, 6.45) is 1.68. The van der Waals surface area contributed by atoms with Crippen LogP contribution in [0.1, 0.15) is 18.9 Å². The lowest BCUT2D eigenvalue weighted by atomic mass is 10.1. The first kappa shape index (κ1) is 17.4. The average Bonchev–Trinajstić information content (AvgIpc) is 2.88. The number of nitrogens with zero attached hydrogens (tertiary/aromatic N) is 1. The summed E-state index contributed by atoms with van der Waals surface area (Å²) >= 11 is 0. The lowest BCUT2D eigenvalue weighted by molar-refractivity contribution is 0.450. The van der Waals surface area contributed by atoms with E-state index in [0.29, 0.717) is 23.9 Å². The van der Waals surface area contributed by atoms with Crippen LogP contribution in [0, 0.1) is 5.92 Å². The van der Waals surface area contributed by atoms with Gasteiger partial charge in [-0.1, -0.05) is 25.1 Å². The fourth-order valence-corrected chi connectivity index (χ4v) is 4.48. The number of hydrogen-bond donors (Lipinski definition) is 1. The predicted octanol–water partition coefficient (Wildman–Crippen LogP) is 1.90. The molecule has 6 heteroatoms. The SMILES string of the molecule is CCc1ccccc1S(=O)(=O)N1CCC(CNC)C1.Cl. The zero-order chi connectivity index (χ0) is 13.9. The Morgan fingerprint density at radius 3 is 2.70 bits per heavy atom. The second kappa shape index (κ2) is 7.41. The molecule has 1 atom stereocenters. The average molecular weight is 319 g/mol. The lowest BCUT2D eigenvalue weighted by Gasteiger charge is -2.18. The summed E-state index contributed by atoms with van der Waals surface area (Å²) in [6.45, 7) is 4.12. The topological polar surface area (TPSA) is 49.4 Å². The van der Waals surface area contributed by atoms with E-state index in [-0.39, 0.29) is 12.4 Å². The summed E-state index contributed by atoms with van der Waals surface area (Å²) in [5.41, 5.74) is 0.902. The van der Waals surface area contributed by atoms with Gasteiger partial charge in [-0.05, 0) is 44.0 Å². The minimum Gasteiger partial charge on any atom is -0.319 e. The first-order valence-corrected chi connectivity index (χ1v) is 8.26. The highest BCUT2D eigenvalue weighted by Crippen LogP contribution is 2.26. The van der Waals surface area contributed by atoms with Gasteiger partial charge in [0, 0.05) is 13.1 Å². The first-order valence-electron chi connectivity index (χ1n) is 6.82. The van der Waals surface area contributed by atoms with Gasteiger partial charge in [-0.25, -0.2) is 8.42 Å². The highest BCUT2D eigenvalue weighted by atomic mass is 35.5. The van der Waals surface area contributed by atoms with Crippen LogP contribution in [0.25, 0.3) is 0 Å². The van der Waals surface area contributed by atoms with Gasteiger partial charge >= 0.3 is 0 Å². The number of nitrogens with one attached hydrogen (secondary N) is 1. The first-order chi connectivity index (χ1) is 9.09. The molecular weight excluding hydrogens is 296 g/mol. The normalized spacial score (nSPS) is 19.8. The van der Waals surface area contributed by atoms with Crippen LogP contribution in [0.2, 0.25) is 0 Å². The fourth-order valence-electron chi connectivity index (χ4n) is 2.66. The second-order valence-electron chi connectivity index (χ2n) is 5.04. The summed E-state index contributed by atoms with van der Waals surface area (Å²) in [5, 5.41) is 3.12. The van der Waals surface area contributed by atoms with Gasteiger partial charge in [-0.3, -0.25) is 0 Å². The standard InChI is InChI=1S/C14H22N2O2S.ClH/c1-3-13-6-4-5-7-14(13)19(17,18)16-9-8-12(11-16)10-15-2;/h4-7,12,15H,3,8-11H2,1-2H3;1H. The molecule has 1 aromatic rings. The quantitative estimate of drug-likeness (QED) is 0.902. The Hall–Kier alpha value is -0.620. The summed E-state index contributed by atoms with van der Waals surface area (Å²) in [4.78, 5) is 0.475. The molecule has 0 spiro atoms. The van der Waals surface area contributed by atoms with Crippen molar-refractivity contribution in [1.29, 1.82) is 0 Å². The van der Waals surface area contributed by atoms with E-state index in [1.807, 2.05) is 26.1 Å². The van der Waals surface area contributed by atoms with Crippen LogP contribution in [0.15, 0.2) is 29.2 Å². The molecule has 0 aliphatic carbocycles. The maximum absolute atomic E-state index is 12.7. The molecule has 1 fully saturated rings. The van der Waals surface area contributed by atoms with Crippen molar-refractivity contribution in [3.05, 3.63) is 29.8 Å². The smallest absolute Gasteiger partial charge is 0.243 e. The van der Waals surface area contributed by atoms with Crippen molar-refractivity contribution in [1.82, 2.24) is 9.62 Å². The van der Waals surface area contributed by atoms with Gasteiger partial charge in [-0.2, -0.15) is 4.31 Å². The monoisotopic (exact) mass is 318 g/mol. The molecule has 1 N–H and O–H groups in total. The Labute approximate surface area is 128 Å². The summed E-state index contributed by atoms with van der Waals surface area (Å²) in [5.74, 6) is 0.425. The van der Waals surface area contributed by atoms with Crippen LogP contribution < -0.4 is 5.32 Å². The van der Waals surface area contributed by atoms with Gasteiger partial charge < -0.3 is 5.32 Å². The van der Waals surface area contributed by atoms with Gasteiger partial charge in [-0.15, -0.1) is 12.4 Å². The number of halogens is 1. The number of rotatable bonds is 5. The molecule has 20 heavy (non-hydrogen) atoms. The van der Waals surface area contributed by atoms with Crippen LogP contribution in [-0.4, -0.2) is 39.4 Å². The Kier molecular flexibility index (Phi) is 6.45. The Balaban J connectivity index is 0.00000200. The highest BCUT2D eigenvalue weighted by Gasteiger charge is 2.32. The third kappa shape index (κ3) is 3.52. The van der Waals surface area contributed by atoms with Crippen LogP contribution in [-0.2, 0) is 16.4 Å². The number of aryl methyl sites for hydroxylation is 1. The minimum absolute atomic E-state index is 0. The van der Waals surface area contributed by atoms with Crippen LogP contribution in [0.5, 0.6) is 0 Å². The molecule has 114 valence electrons. The van der Waals surface area contributed by atoms with Gasteiger partial charge in [0.25, 0.3) is 0 Å². The molecule has 1 aromatic carbocycles. The molecule has 0 saturated carbocycles. The van der Waals surface area contributed by atoms with Crippen LogP contribution in [0.3, 0.4) is 0 Å². The predicted molar refractivity (Wildman–Crippen MR) is 83.9 cm³/mol. The maximum Gasteiger partial charge on any atom is 0.243 e. The van der Waals surface area contributed by atoms with Gasteiger partial charge in [0.2, 0.25) is 10.0 Å². The molecule has 1 aliphatic rings. The van der Waals surface area contributed by atoms with Crippen LogP contribution >= 0.6 is 12.4 Å². The number of benzene rings is 1. The van der Waals surface area contributed by atoms with Gasteiger partial charge in [0.15, 0.2) is 0 Å². The highest BCUT2D eigenvalue weighted by molar-refractivity contribution is 7.89. The summed E-state index contributed by atoms with van der Waals surface area (Å²) < 4.78 is 27.0. The van der Waals surface area contributed by atoms with E-state index >= 15 is 0 Å². The molecule has 1 unspecified atom stereocenters. The Morgan fingerprint density at radius 2 is 2.05 bits per heavy atom. The largest absolute Gasteiger partial charge is 0.319 e. The number of sulfonamides is 1. The Bertz CT molecular complexity index is 534. The van der Waals surface area contributed by atoms with Crippen molar-refractivity contribution in [2.24, 2.45) is 5.92 Å². The van der Waals surface area contributed by atoms with E-state index in [4.69, 9.17) is 0 Å². The Morgan fingerprint density at radius 1 is 1.35 bits per heavy atom. The van der Waals surface area contributed by atoms with Crippen molar-refractivity contribution in [2.45, 2.75) is 24.7 Å². The van der Waals surface area contributed by atoms with Crippen molar-refractivity contribution >= 4 is 22.4 Å². The fraction of sp³-hybridized carbons (Fsp3) is 0.571. The maximum atomic E-state index is 12.7. The molecule has 1 heterocycles. The van der Waals surface area contributed by atoms with Crippen molar-refractivity contribution in [3.63, 3.8) is 0 Å². The van der Waals surface area contributed by atoms with E-state index in [9.17, 15) is 8.42 Å². The van der Waals surface area contributed by atoms with Crippen molar-refractivity contribution in [2.75, 3.05) is 26.7 Å². The molecular formula is C14H23ClN2O2S. The molecule has 0 amide bonds. The van der Waals surface area contributed by atoms with E-state index in [2.05, 4.69) is 5.32 Å².